The third-order valence-electron chi connectivity index (χ3n) is 9.37. The summed E-state index contributed by atoms with van der Waals surface area (Å²) in [6, 6.07) is 4.60. The van der Waals surface area contributed by atoms with E-state index in [0.717, 1.165) is 44.9 Å². The van der Waals surface area contributed by atoms with Crippen LogP contribution in [0.1, 0.15) is 93.9 Å². The molecule has 12 nitrogen and oxygen atoms in total. The second kappa shape index (κ2) is 16.4. The number of likely N-dealkylation sites (N-methyl/N-ethyl adjacent to an activating group) is 1. The summed E-state index contributed by atoms with van der Waals surface area (Å²) in [4.78, 5) is 29.1. The minimum absolute atomic E-state index is 0.0382. The van der Waals surface area contributed by atoms with Crippen molar-refractivity contribution in [2.45, 2.75) is 109 Å². The normalized spacial score (nSPS) is 23.1. The molecule has 2 aliphatic rings. The van der Waals surface area contributed by atoms with Crippen LogP contribution in [0, 0.1) is 25.7 Å². The van der Waals surface area contributed by atoms with Crippen molar-refractivity contribution in [1.82, 2.24) is 14.4 Å². The molecule has 1 saturated carbocycles. The van der Waals surface area contributed by atoms with E-state index in [2.05, 4.69) is 10.5 Å². The Morgan fingerprint density at radius 1 is 1.13 bits per heavy atom. The fourth-order valence-electron chi connectivity index (χ4n) is 6.42. The van der Waals surface area contributed by atoms with Crippen LogP contribution in [-0.2, 0) is 19.6 Å². The van der Waals surface area contributed by atoms with Crippen LogP contribution < -0.4 is 10.1 Å². The van der Waals surface area contributed by atoms with Crippen molar-refractivity contribution in [2.75, 3.05) is 38.7 Å². The number of aromatic nitrogens is 1. The number of carbonyl (C=O) groups excluding carboxylic acids is 2. The van der Waals surface area contributed by atoms with Gasteiger partial charge in [0.2, 0.25) is 15.9 Å². The molecule has 1 aromatic heterocycles. The minimum Gasteiger partial charge on any atom is -0.490 e. The fraction of sp³-hybridized carbons (Fsp3) is 0.676. The number of sulfonamides is 1. The quantitative estimate of drug-likeness (QED) is 0.397. The lowest BCUT2D eigenvalue weighted by atomic mass is 9.88. The van der Waals surface area contributed by atoms with Crippen LogP contribution in [0.2, 0.25) is 0 Å². The van der Waals surface area contributed by atoms with Gasteiger partial charge in [0.25, 0.3) is 5.91 Å². The maximum absolute atomic E-state index is 14.4. The van der Waals surface area contributed by atoms with E-state index < -0.39 is 22.2 Å². The van der Waals surface area contributed by atoms with E-state index in [1.54, 1.807) is 43.9 Å². The molecule has 0 unspecified atom stereocenters. The van der Waals surface area contributed by atoms with E-state index in [9.17, 15) is 23.1 Å². The molecule has 262 valence electrons. The highest BCUT2D eigenvalue weighted by atomic mass is 32.2. The van der Waals surface area contributed by atoms with Crippen molar-refractivity contribution in [3.63, 3.8) is 0 Å². The highest BCUT2D eigenvalue weighted by Gasteiger charge is 2.34. The third-order valence-corrected chi connectivity index (χ3v) is 11.4. The van der Waals surface area contributed by atoms with Crippen LogP contribution in [0.25, 0.3) is 0 Å². The van der Waals surface area contributed by atoms with E-state index >= 15 is 0 Å². The molecule has 1 fully saturated rings. The maximum atomic E-state index is 14.4. The number of hydrogen-bond donors (Lipinski definition) is 2. The molecule has 1 aliphatic carbocycles. The molecule has 4 rings (SSSR count). The lowest BCUT2D eigenvalue weighted by Crippen LogP contribution is -2.48. The fourth-order valence-corrected chi connectivity index (χ4v) is 7.89. The van der Waals surface area contributed by atoms with Crippen LogP contribution in [0.15, 0.2) is 27.6 Å². The second-order valence-electron chi connectivity index (χ2n) is 13.3. The van der Waals surface area contributed by atoms with Gasteiger partial charge in [0.15, 0.2) is 5.76 Å². The Bertz CT molecular complexity index is 1450. The highest BCUT2D eigenvalue weighted by Crippen LogP contribution is 2.31. The van der Waals surface area contributed by atoms with Crippen LogP contribution in [0.3, 0.4) is 0 Å². The standard InChI is InChI=1S/C34H52N4O8S/c1-22-19-38(23(2)21-39)34(41)29-18-28(35-33(40)27-13-8-7-9-14-27)15-16-30(29)45-24(3)12-10-11-17-44-31(22)20-37(6)47(42,43)32-25(4)36-46-26(32)5/h15-16,18,22-24,27,31,39H,7-14,17,19-21H2,1-6H3,(H,35,40)/t22-,23+,24+,31-/m1/s1. The molecule has 47 heavy (non-hydrogen) atoms. The molecule has 2 N–H and O–H groups in total. The summed E-state index contributed by atoms with van der Waals surface area (Å²) in [5, 5.41) is 17.1. The molecular formula is C34H52N4O8S. The summed E-state index contributed by atoms with van der Waals surface area (Å²) >= 11 is 0. The molecule has 2 heterocycles. The first-order valence-electron chi connectivity index (χ1n) is 16.9. The van der Waals surface area contributed by atoms with Gasteiger partial charge in [-0.05, 0) is 78.0 Å². The third kappa shape index (κ3) is 9.13. The summed E-state index contributed by atoms with van der Waals surface area (Å²) in [6.07, 6.45) is 6.43. The van der Waals surface area contributed by atoms with Gasteiger partial charge in [-0.1, -0.05) is 31.3 Å². The second-order valence-corrected chi connectivity index (χ2v) is 15.3. The molecule has 1 aliphatic heterocycles. The van der Waals surface area contributed by atoms with E-state index in [0.29, 0.717) is 30.0 Å². The Hall–Kier alpha value is -3.00. The van der Waals surface area contributed by atoms with Gasteiger partial charge in [0, 0.05) is 44.3 Å². The molecule has 0 radical (unpaired) electrons. The summed E-state index contributed by atoms with van der Waals surface area (Å²) < 4.78 is 46.1. The van der Waals surface area contributed by atoms with Crippen molar-refractivity contribution >= 4 is 27.5 Å². The van der Waals surface area contributed by atoms with Gasteiger partial charge in [-0.2, -0.15) is 4.31 Å². The largest absolute Gasteiger partial charge is 0.490 e. The van der Waals surface area contributed by atoms with Crippen LogP contribution in [-0.4, -0.2) is 91.3 Å². The number of ether oxygens (including phenoxy) is 2. The number of nitrogens with zero attached hydrogens (tertiary/aromatic N) is 3. The minimum atomic E-state index is -3.93. The number of aryl methyl sites for hydroxylation is 2. The zero-order chi connectivity index (χ0) is 34.3. The van der Waals surface area contributed by atoms with Gasteiger partial charge < -0.3 is 29.3 Å². The Kier molecular flexibility index (Phi) is 12.9. The van der Waals surface area contributed by atoms with E-state index in [-0.39, 0.29) is 65.8 Å². The van der Waals surface area contributed by atoms with E-state index in [1.165, 1.54) is 11.4 Å². The Morgan fingerprint density at radius 2 is 1.83 bits per heavy atom. The molecule has 2 aromatic rings. The lowest BCUT2D eigenvalue weighted by molar-refractivity contribution is -0.120. The Labute approximate surface area is 279 Å². The maximum Gasteiger partial charge on any atom is 0.258 e. The van der Waals surface area contributed by atoms with E-state index in [1.807, 2.05) is 13.8 Å². The number of nitrogens with one attached hydrogen (secondary N) is 1. The zero-order valence-corrected chi connectivity index (χ0v) is 29.5. The van der Waals surface area contributed by atoms with Crippen LogP contribution in [0.5, 0.6) is 5.75 Å². The Morgan fingerprint density at radius 3 is 2.49 bits per heavy atom. The zero-order valence-electron chi connectivity index (χ0n) is 28.7. The monoisotopic (exact) mass is 676 g/mol. The summed E-state index contributed by atoms with van der Waals surface area (Å²) in [5.74, 6) is -0.148. The molecule has 0 saturated heterocycles. The van der Waals surface area contributed by atoms with Crippen molar-refractivity contribution in [1.29, 1.82) is 0 Å². The van der Waals surface area contributed by atoms with Crippen molar-refractivity contribution < 1.29 is 37.1 Å². The van der Waals surface area contributed by atoms with Crippen molar-refractivity contribution in [3.05, 3.63) is 35.2 Å². The molecule has 0 bridgehead atoms. The smallest absolute Gasteiger partial charge is 0.258 e. The average Bonchev–Trinajstić information content (AvgIpc) is 3.40. The van der Waals surface area contributed by atoms with Crippen molar-refractivity contribution in [2.24, 2.45) is 11.8 Å². The average molecular weight is 677 g/mol. The van der Waals surface area contributed by atoms with E-state index in [4.69, 9.17) is 14.0 Å². The summed E-state index contributed by atoms with van der Waals surface area (Å²) in [5.41, 5.74) is 1.09. The molecule has 0 spiro atoms. The number of amides is 2. The molecular weight excluding hydrogens is 624 g/mol. The van der Waals surface area contributed by atoms with Gasteiger partial charge in [-0.25, -0.2) is 8.42 Å². The lowest BCUT2D eigenvalue weighted by Gasteiger charge is -2.35. The summed E-state index contributed by atoms with van der Waals surface area (Å²) in [6.45, 7) is 9.12. The number of aliphatic hydroxyl groups excluding tert-OH is 1. The predicted molar refractivity (Wildman–Crippen MR) is 178 cm³/mol. The molecule has 2 amide bonds. The molecule has 4 atom stereocenters. The van der Waals surface area contributed by atoms with Crippen molar-refractivity contribution in [3.8, 4) is 5.75 Å². The van der Waals surface area contributed by atoms with Gasteiger partial charge in [0.1, 0.15) is 16.3 Å². The van der Waals surface area contributed by atoms with Crippen LogP contribution in [0.4, 0.5) is 5.69 Å². The van der Waals surface area contributed by atoms with Gasteiger partial charge in [-0.15, -0.1) is 0 Å². The number of carbonyl (C=O) groups is 2. The van der Waals surface area contributed by atoms with Crippen LogP contribution >= 0.6 is 0 Å². The number of anilines is 1. The topological polar surface area (TPSA) is 152 Å². The van der Waals surface area contributed by atoms with Gasteiger partial charge >= 0.3 is 0 Å². The number of benzene rings is 1. The Balaban J connectivity index is 1.64. The number of rotatable bonds is 8. The highest BCUT2D eigenvalue weighted by molar-refractivity contribution is 7.89. The van der Waals surface area contributed by atoms with Gasteiger partial charge in [0.05, 0.1) is 30.4 Å². The number of aliphatic hydroxyl groups is 1. The van der Waals surface area contributed by atoms with Gasteiger partial charge in [-0.3, -0.25) is 9.59 Å². The molecule has 1 aromatic carbocycles. The number of hydrogen-bond acceptors (Lipinski definition) is 9. The first kappa shape index (κ1) is 36.8. The first-order chi connectivity index (χ1) is 22.3. The first-order valence-corrected chi connectivity index (χ1v) is 18.3. The SMILES string of the molecule is Cc1noc(C)c1S(=O)(=O)N(C)C[C@H]1OCCCC[C@H](C)Oc2ccc(NC(=O)C3CCCCC3)cc2C(=O)N([C@@H](C)CO)C[C@H]1C. The summed E-state index contributed by atoms with van der Waals surface area (Å²) in [7, 11) is -2.43. The predicted octanol–water partition coefficient (Wildman–Crippen LogP) is 4.93. The number of fused-ring (bicyclic) bond motifs is 1. The molecule has 13 heteroatoms.